The van der Waals surface area contributed by atoms with Gasteiger partial charge in [0.2, 0.25) is 0 Å². The minimum Gasteiger partial charge on any atom is -0.461 e. The van der Waals surface area contributed by atoms with Crippen LogP contribution >= 0.6 is 0 Å². The first-order valence-corrected chi connectivity index (χ1v) is 8.69. The van der Waals surface area contributed by atoms with Gasteiger partial charge in [-0.2, -0.15) is 5.10 Å². The lowest BCUT2D eigenvalue weighted by Crippen LogP contribution is -2.28. The highest BCUT2D eigenvalue weighted by atomic mass is 16.5. The average Bonchev–Trinajstić information content (AvgIpc) is 3.31. The third kappa shape index (κ3) is 3.36. The molecule has 1 saturated heterocycles. The molecule has 7 heteroatoms. The predicted molar refractivity (Wildman–Crippen MR) is 90.8 cm³/mol. The monoisotopic (exact) mass is 331 g/mol. The van der Waals surface area contributed by atoms with E-state index in [0.29, 0.717) is 18.3 Å². The third-order valence-corrected chi connectivity index (χ3v) is 4.59. The van der Waals surface area contributed by atoms with E-state index < -0.39 is 0 Å². The number of esters is 1. The molecule has 130 valence electrons. The van der Waals surface area contributed by atoms with Crippen molar-refractivity contribution in [2.24, 2.45) is 0 Å². The standard InChI is InChI=1S/C17H25N5O2/c1-3-13(11-21-7-5-6-8-21)22-12-18-10-15(22)14-9-19-20-16(14)17(23)24-4-2/h9-10,12-13H,3-8,11H2,1-2H3,(H,19,20). The predicted octanol–water partition coefficient (Wildman–Crippen LogP) is 2.50. The van der Waals surface area contributed by atoms with Crippen molar-refractivity contribution in [3.63, 3.8) is 0 Å². The largest absolute Gasteiger partial charge is 0.461 e. The molecule has 2 aromatic heterocycles. The Hall–Kier alpha value is -2.15. The highest BCUT2D eigenvalue weighted by molar-refractivity contribution is 5.94. The number of nitrogens with one attached hydrogen (secondary N) is 1. The maximum Gasteiger partial charge on any atom is 0.357 e. The van der Waals surface area contributed by atoms with E-state index in [1.165, 1.54) is 25.9 Å². The number of carbonyl (C=O) groups is 1. The number of likely N-dealkylation sites (tertiary alicyclic amines) is 1. The Morgan fingerprint density at radius 1 is 1.33 bits per heavy atom. The molecule has 3 rings (SSSR count). The van der Waals surface area contributed by atoms with E-state index in [2.05, 4.69) is 31.6 Å². The number of rotatable bonds is 7. The fourth-order valence-electron chi connectivity index (χ4n) is 3.32. The second-order valence-electron chi connectivity index (χ2n) is 6.14. The quantitative estimate of drug-likeness (QED) is 0.789. The van der Waals surface area contributed by atoms with Crippen LogP contribution < -0.4 is 0 Å². The van der Waals surface area contributed by atoms with Crippen molar-refractivity contribution in [2.75, 3.05) is 26.2 Å². The van der Waals surface area contributed by atoms with Gasteiger partial charge in [0, 0.05) is 12.6 Å². The van der Waals surface area contributed by atoms with Crippen molar-refractivity contribution in [3.05, 3.63) is 24.4 Å². The van der Waals surface area contributed by atoms with E-state index in [1.807, 2.05) is 6.33 Å². The first-order chi connectivity index (χ1) is 11.7. The van der Waals surface area contributed by atoms with Crippen LogP contribution in [0, 0.1) is 0 Å². The van der Waals surface area contributed by atoms with Gasteiger partial charge in [-0.05, 0) is 39.3 Å². The minimum atomic E-state index is -0.384. The van der Waals surface area contributed by atoms with Crippen LogP contribution in [0.15, 0.2) is 18.7 Å². The molecule has 1 aliphatic rings. The van der Waals surface area contributed by atoms with Gasteiger partial charge in [0.05, 0.1) is 36.6 Å². The molecule has 0 spiro atoms. The van der Waals surface area contributed by atoms with Crippen LogP contribution in [0.2, 0.25) is 0 Å². The van der Waals surface area contributed by atoms with Crippen molar-refractivity contribution in [1.29, 1.82) is 0 Å². The summed E-state index contributed by atoms with van der Waals surface area (Å²) in [7, 11) is 0. The molecule has 1 aliphatic heterocycles. The summed E-state index contributed by atoms with van der Waals surface area (Å²) in [5.74, 6) is -0.384. The molecule has 0 saturated carbocycles. The van der Waals surface area contributed by atoms with Gasteiger partial charge in [-0.25, -0.2) is 9.78 Å². The Labute approximate surface area is 142 Å². The number of H-pyrrole nitrogens is 1. The van der Waals surface area contributed by atoms with Gasteiger partial charge in [-0.3, -0.25) is 5.10 Å². The topological polar surface area (TPSA) is 76.0 Å². The third-order valence-electron chi connectivity index (χ3n) is 4.59. The van der Waals surface area contributed by atoms with E-state index >= 15 is 0 Å². The first-order valence-electron chi connectivity index (χ1n) is 8.69. The van der Waals surface area contributed by atoms with Crippen LogP contribution in [0.5, 0.6) is 0 Å². The zero-order chi connectivity index (χ0) is 16.9. The molecule has 0 aliphatic carbocycles. The average molecular weight is 331 g/mol. The Balaban J connectivity index is 1.87. The fraction of sp³-hybridized carbons (Fsp3) is 0.588. The molecule has 1 N–H and O–H groups in total. The molecule has 2 aromatic rings. The zero-order valence-electron chi connectivity index (χ0n) is 14.4. The van der Waals surface area contributed by atoms with Crippen LogP contribution in [-0.2, 0) is 4.74 Å². The van der Waals surface area contributed by atoms with Gasteiger partial charge < -0.3 is 14.2 Å². The second-order valence-corrected chi connectivity index (χ2v) is 6.14. The Bertz CT molecular complexity index is 672. The normalized spacial score (nSPS) is 16.4. The van der Waals surface area contributed by atoms with Gasteiger partial charge in [0.25, 0.3) is 0 Å². The summed E-state index contributed by atoms with van der Waals surface area (Å²) in [4.78, 5) is 18.9. The van der Waals surface area contributed by atoms with Crippen LogP contribution in [0.1, 0.15) is 49.6 Å². The molecule has 0 amide bonds. The number of hydrogen-bond donors (Lipinski definition) is 1. The molecular formula is C17H25N5O2. The van der Waals surface area contributed by atoms with Gasteiger partial charge in [0.1, 0.15) is 0 Å². The second kappa shape index (κ2) is 7.61. The Kier molecular flexibility index (Phi) is 5.30. The number of aromatic nitrogens is 4. The number of nitrogens with zero attached hydrogens (tertiary/aromatic N) is 4. The highest BCUT2D eigenvalue weighted by Crippen LogP contribution is 2.27. The maximum atomic E-state index is 12.1. The summed E-state index contributed by atoms with van der Waals surface area (Å²) in [5.41, 5.74) is 2.03. The summed E-state index contributed by atoms with van der Waals surface area (Å²) in [6, 6.07) is 0.325. The molecule has 0 aromatic carbocycles. The van der Waals surface area contributed by atoms with Gasteiger partial charge in [-0.15, -0.1) is 0 Å². The number of aromatic amines is 1. The summed E-state index contributed by atoms with van der Waals surface area (Å²) in [5, 5.41) is 6.79. The lowest BCUT2D eigenvalue weighted by molar-refractivity contribution is 0.0520. The van der Waals surface area contributed by atoms with Crippen LogP contribution in [0.25, 0.3) is 11.3 Å². The van der Waals surface area contributed by atoms with Crippen LogP contribution in [0.4, 0.5) is 0 Å². The van der Waals surface area contributed by atoms with Gasteiger partial charge >= 0.3 is 5.97 Å². The van der Waals surface area contributed by atoms with E-state index in [-0.39, 0.29) is 5.97 Å². The molecule has 1 unspecified atom stereocenters. The summed E-state index contributed by atoms with van der Waals surface area (Å²) in [6.45, 7) is 7.66. The van der Waals surface area contributed by atoms with Gasteiger partial charge in [-0.1, -0.05) is 6.92 Å². The highest BCUT2D eigenvalue weighted by Gasteiger charge is 2.23. The molecule has 1 fully saturated rings. The van der Waals surface area contributed by atoms with Crippen molar-refractivity contribution in [2.45, 2.75) is 39.2 Å². The molecule has 1 atom stereocenters. The summed E-state index contributed by atoms with van der Waals surface area (Å²) < 4.78 is 7.27. The van der Waals surface area contributed by atoms with Crippen LogP contribution in [-0.4, -0.2) is 56.9 Å². The van der Waals surface area contributed by atoms with Gasteiger partial charge in [0.15, 0.2) is 5.69 Å². The molecule has 0 bridgehead atoms. The molecule has 0 radical (unpaired) electrons. The van der Waals surface area contributed by atoms with Crippen molar-refractivity contribution in [1.82, 2.24) is 24.6 Å². The molecule has 7 nitrogen and oxygen atoms in total. The number of hydrogen-bond acceptors (Lipinski definition) is 5. The lowest BCUT2D eigenvalue weighted by Gasteiger charge is -2.25. The maximum absolute atomic E-state index is 12.1. The number of imidazole rings is 1. The lowest BCUT2D eigenvalue weighted by atomic mass is 10.1. The number of carbonyl (C=O) groups excluding carboxylic acids is 1. The van der Waals surface area contributed by atoms with E-state index in [0.717, 1.165) is 24.2 Å². The fourth-order valence-corrected chi connectivity index (χ4v) is 3.32. The zero-order valence-corrected chi connectivity index (χ0v) is 14.4. The molecule has 3 heterocycles. The summed E-state index contributed by atoms with van der Waals surface area (Å²) >= 11 is 0. The van der Waals surface area contributed by atoms with Crippen LogP contribution in [0.3, 0.4) is 0 Å². The minimum absolute atomic E-state index is 0.325. The Morgan fingerprint density at radius 2 is 2.12 bits per heavy atom. The Morgan fingerprint density at radius 3 is 2.83 bits per heavy atom. The first kappa shape index (κ1) is 16.7. The van der Waals surface area contributed by atoms with E-state index in [4.69, 9.17) is 4.74 Å². The van der Waals surface area contributed by atoms with E-state index in [9.17, 15) is 4.79 Å². The number of ether oxygens (including phenoxy) is 1. The van der Waals surface area contributed by atoms with E-state index in [1.54, 1.807) is 19.3 Å². The smallest absolute Gasteiger partial charge is 0.357 e. The van der Waals surface area contributed by atoms with Crippen molar-refractivity contribution < 1.29 is 9.53 Å². The molecule has 24 heavy (non-hydrogen) atoms. The van der Waals surface area contributed by atoms with Crippen molar-refractivity contribution >= 4 is 5.97 Å². The molecular weight excluding hydrogens is 306 g/mol. The summed E-state index contributed by atoms with van der Waals surface area (Å²) in [6.07, 6.45) is 8.88. The van der Waals surface area contributed by atoms with Crippen molar-refractivity contribution in [3.8, 4) is 11.3 Å². The SMILES string of the molecule is CCOC(=O)c1[nH]ncc1-c1cncn1C(CC)CN1CCCC1.